The third kappa shape index (κ3) is 2.94. The average Bonchev–Trinajstić information content (AvgIpc) is 2.20. The van der Waals surface area contributed by atoms with Gasteiger partial charge in [0.05, 0.1) is 10.7 Å². The van der Waals surface area contributed by atoms with Gasteiger partial charge in [-0.15, -0.1) is 12.4 Å². The zero-order valence-electron chi connectivity index (χ0n) is 9.32. The summed E-state index contributed by atoms with van der Waals surface area (Å²) in [6, 6.07) is 5.72. The van der Waals surface area contributed by atoms with Crippen LogP contribution in [0.2, 0.25) is 5.02 Å². The van der Waals surface area contributed by atoms with Crippen molar-refractivity contribution in [3.8, 4) is 0 Å². The molecule has 16 heavy (non-hydrogen) atoms. The SMILES string of the molecule is CN1CCN(c2ccc(N)cc2Cl)CC1.Cl. The highest BCUT2D eigenvalue weighted by Crippen LogP contribution is 2.28. The summed E-state index contributed by atoms with van der Waals surface area (Å²) in [6.45, 7) is 4.22. The molecule has 1 fully saturated rings. The summed E-state index contributed by atoms with van der Waals surface area (Å²) in [6.07, 6.45) is 0. The van der Waals surface area contributed by atoms with Crippen molar-refractivity contribution in [3.63, 3.8) is 0 Å². The summed E-state index contributed by atoms with van der Waals surface area (Å²) < 4.78 is 0. The summed E-state index contributed by atoms with van der Waals surface area (Å²) in [5.74, 6) is 0. The van der Waals surface area contributed by atoms with Gasteiger partial charge in [-0.1, -0.05) is 11.6 Å². The van der Waals surface area contributed by atoms with E-state index < -0.39 is 0 Å². The van der Waals surface area contributed by atoms with E-state index in [9.17, 15) is 0 Å². The molecule has 0 radical (unpaired) electrons. The Morgan fingerprint density at radius 1 is 1.19 bits per heavy atom. The van der Waals surface area contributed by atoms with Crippen LogP contribution in [0.5, 0.6) is 0 Å². The number of piperazine rings is 1. The number of nitrogens with zero attached hydrogens (tertiary/aromatic N) is 2. The van der Waals surface area contributed by atoms with Crippen LogP contribution < -0.4 is 10.6 Å². The second-order valence-electron chi connectivity index (χ2n) is 4.00. The average molecular weight is 262 g/mol. The lowest BCUT2D eigenvalue weighted by atomic mass is 10.2. The van der Waals surface area contributed by atoms with Crippen molar-refractivity contribution >= 4 is 35.4 Å². The predicted octanol–water partition coefficient (Wildman–Crippen LogP) is 2.10. The predicted molar refractivity (Wildman–Crippen MR) is 72.8 cm³/mol. The van der Waals surface area contributed by atoms with Crippen LogP contribution in [0.25, 0.3) is 0 Å². The summed E-state index contributed by atoms with van der Waals surface area (Å²) in [5.41, 5.74) is 7.48. The molecule has 0 aromatic heterocycles. The Hall–Kier alpha value is -0.640. The molecule has 0 bridgehead atoms. The van der Waals surface area contributed by atoms with E-state index in [2.05, 4.69) is 16.8 Å². The number of nitrogen functional groups attached to an aromatic ring is 1. The fraction of sp³-hybridized carbons (Fsp3) is 0.455. The Morgan fingerprint density at radius 2 is 1.81 bits per heavy atom. The molecular formula is C11H17Cl2N3. The Morgan fingerprint density at radius 3 is 2.38 bits per heavy atom. The molecule has 2 rings (SSSR count). The first-order valence-electron chi connectivity index (χ1n) is 5.15. The summed E-state index contributed by atoms with van der Waals surface area (Å²) >= 11 is 6.16. The molecule has 1 aliphatic heterocycles. The number of hydrogen-bond donors (Lipinski definition) is 1. The van der Waals surface area contributed by atoms with Crippen molar-refractivity contribution < 1.29 is 0 Å². The molecule has 1 saturated heterocycles. The maximum atomic E-state index is 6.16. The van der Waals surface area contributed by atoms with E-state index in [0.717, 1.165) is 42.6 Å². The molecule has 0 spiro atoms. The van der Waals surface area contributed by atoms with E-state index in [1.54, 1.807) is 0 Å². The smallest absolute Gasteiger partial charge is 0.0660 e. The standard InChI is InChI=1S/C11H16ClN3.ClH/c1-14-4-6-15(7-5-14)11-3-2-9(13)8-10(11)12;/h2-3,8H,4-7,13H2,1H3;1H. The number of anilines is 2. The largest absolute Gasteiger partial charge is 0.399 e. The van der Waals surface area contributed by atoms with Gasteiger partial charge in [-0.05, 0) is 25.2 Å². The second kappa shape index (κ2) is 5.62. The van der Waals surface area contributed by atoms with Crippen LogP contribution in [0.1, 0.15) is 0 Å². The zero-order valence-corrected chi connectivity index (χ0v) is 10.9. The van der Waals surface area contributed by atoms with E-state index in [1.165, 1.54) is 0 Å². The van der Waals surface area contributed by atoms with Crippen molar-refractivity contribution in [1.29, 1.82) is 0 Å². The summed E-state index contributed by atoms with van der Waals surface area (Å²) in [4.78, 5) is 4.63. The molecule has 0 unspecified atom stereocenters. The maximum Gasteiger partial charge on any atom is 0.0660 e. The molecule has 90 valence electrons. The Balaban J connectivity index is 0.00000128. The molecule has 0 amide bonds. The van der Waals surface area contributed by atoms with Crippen LogP contribution in [-0.4, -0.2) is 38.1 Å². The minimum absolute atomic E-state index is 0. The lowest BCUT2D eigenvalue weighted by molar-refractivity contribution is 0.313. The van der Waals surface area contributed by atoms with Gasteiger partial charge < -0.3 is 15.5 Å². The molecule has 3 nitrogen and oxygen atoms in total. The zero-order chi connectivity index (χ0) is 10.8. The van der Waals surface area contributed by atoms with Crippen molar-refractivity contribution in [3.05, 3.63) is 23.2 Å². The van der Waals surface area contributed by atoms with Crippen LogP contribution in [0.3, 0.4) is 0 Å². The van der Waals surface area contributed by atoms with Gasteiger partial charge in [0, 0.05) is 31.9 Å². The van der Waals surface area contributed by atoms with Gasteiger partial charge in [0.2, 0.25) is 0 Å². The molecule has 1 aromatic rings. The van der Waals surface area contributed by atoms with Gasteiger partial charge >= 0.3 is 0 Å². The fourth-order valence-corrected chi connectivity index (χ4v) is 2.14. The topological polar surface area (TPSA) is 32.5 Å². The Labute approximate surface area is 108 Å². The van der Waals surface area contributed by atoms with E-state index in [-0.39, 0.29) is 12.4 Å². The highest BCUT2D eigenvalue weighted by atomic mass is 35.5. The molecule has 0 atom stereocenters. The van der Waals surface area contributed by atoms with Crippen LogP contribution in [0, 0.1) is 0 Å². The minimum atomic E-state index is 0. The van der Waals surface area contributed by atoms with Gasteiger partial charge in [-0.25, -0.2) is 0 Å². The first kappa shape index (κ1) is 13.4. The van der Waals surface area contributed by atoms with E-state index in [1.807, 2.05) is 18.2 Å². The number of rotatable bonds is 1. The number of halogens is 2. The molecule has 1 aliphatic rings. The van der Waals surface area contributed by atoms with Crippen molar-refractivity contribution in [2.45, 2.75) is 0 Å². The number of likely N-dealkylation sites (N-methyl/N-ethyl adjacent to an activating group) is 1. The third-order valence-corrected chi connectivity index (χ3v) is 3.12. The number of nitrogens with two attached hydrogens (primary N) is 1. The Bertz CT molecular complexity index is 349. The van der Waals surface area contributed by atoms with Crippen LogP contribution in [0.4, 0.5) is 11.4 Å². The normalized spacial score (nSPS) is 17.0. The first-order valence-corrected chi connectivity index (χ1v) is 5.53. The highest BCUT2D eigenvalue weighted by Gasteiger charge is 2.16. The van der Waals surface area contributed by atoms with E-state index in [0.29, 0.717) is 0 Å². The quantitative estimate of drug-likeness (QED) is 0.787. The van der Waals surface area contributed by atoms with Gasteiger partial charge in [-0.2, -0.15) is 0 Å². The third-order valence-electron chi connectivity index (χ3n) is 2.82. The summed E-state index contributed by atoms with van der Waals surface area (Å²) in [5, 5.41) is 0.750. The lowest BCUT2D eigenvalue weighted by Crippen LogP contribution is -2.44. The van der Waals surface area contributed by atoms with E-state index in [4.69, 9.17) is 17.3 Å². The molecule has 5 heteroatoms. The fourth-order valence-electron chi connectivity index (χ4n) is 1.83. The van der Waals surface area contributed by atoms with Crippen LogP contribution >= 0.6 is 24.0 Å². The second-order valence-corrected chi connectivity index (χ2v) is 4.41. The van der Waals surface area contributed by atoms with Crippen LogP contribution in [0.15, 0.2) is 18.2 Å². The maximum absolute atomic E-state index is 6.16. The van der Waals surface area contributed by atoms with Gasteiger partial charge in [-0.3, -0.25) is 0 Å². The molecule has 0 aliphatic carbocycles. The molecular weight excluding hydrogens is 245 g/mol. The van der Waals surface area contributed by atoms with Crippen molar-refractivity contribution in [1.82, 2.24) is 4.90 Å². The molecule has 1 heterocycles. The molecule has 2 N–H and O–H groups in total. The lowest BCUT2D eigenvalue weighted by Gasteiger charge is -2.34. The first-order chi connectivity index (χ1) is 7.16. The minimum Gasteiger partial charge on any atom is -0.399 e. The van der Waals surface area contributed by atoms with Crippen molar-refractivity contribution in [2.24, 2.45) is 0 Å². The monoisotopic (exact) mass is 261 g/mol. The molecule has 1 aromatic carbocycles. The van der Waals surface area contributed by atoms with Crippen molar-refractivity contribution in [2.75, 3.05) is 43.9 Å². The van der Waals surface area contributed by atoms with Gasteiger partial charge in [0.1, 0.15) is 0 Å². The number of hydrogen-bond acceptors (Lipinski definition) is 3. The van der Waals surface area contributed by atoms with Gasteiger partial charge in [0.25, 0.3) is 0 Å². The summed E-state index contributed by atoms with van der Waals surface area (Å²) in [7, 11) is 2.14. The number of benzene rings is 1. The Kier molecular flexibility index (Phi) is 4.71. The van der Waals surface area contributed by atoms with Gasteiger partial charge in [0.15, 0.2) is 0 Å². The highest BCUT2D eigenvalue weighted by molar-refractivity contribution is 6.33. The molecule has 0 saturated carbocycles. The van der Waals surface area contributed by atoms with Crippen LogP contribution in [-0.2, 0) is 0 Å². The van der Waals surface area contributed by atoms with E-state index >= 15 is 0 Å².